The smallest absolute Gasteiger partial charge is 0.169 e. The van der Waals surface area contributed by atoms with Crippen LogP contribution in [0.4, 0.5) is 11.5 Å². The van der Waals surface area contributed by atoms with Crippen LogP contribution in [0.1, 0.15) is 12.0 Å². The summed E-state index contributed by atoms with van der Waals surface area (Å²) >= 11 is 0. The van der Waals surface area contributed by atoms with Crippen molar-refractivity contribution in [2.45, 2.75) is 25.0 Å². The van der Waals surface area contributed by atoms with Crippen molar-refractivity contribution < 1.29 is 5.11 Å². The van der Waals surface area contributed by atoms with Gasteiger partial charge in [0.25, 0.3) is 0 Å². The van der Waals surface area contributed by atoms with Crippen molar-refractivity contribution in [3.05, 3.63) is 66.2 Å². The van der Waals surface area contributed by atoms with Gasteiger partial charge in [0, 0.05) is 37.3 Å². The van der Waals surface area contributed by atoms with Crippen molar-refractivity contribution in [3.8, 4) is 17.0 Å². The molecule has 2 fully saturated rings. The first-order valence-corrected chi connectivity index (χ1v) is 9.65. The number of nitrogen functional groups attached to an aromatic ring is 1. The molecule has 6 nitrogen and oxygen atoms in total. The monoisotopic (exact) mass is 373 g/mol. The molecule has 1 aromatic heterocycles. The molecule has 1 unspecified atom stereocenters. The number of fused-ring (bicyclic) bond motifs is 2. The van der Waals surface area contributed by atoms with Gasteiger partial charge in [0.2, 0.25) is 0 Å². The fourth-order valence-corrected chi connectivity index (χ4v) is 4.50. The van der Waals surface area contributed by atoms with Gasteiger partial charge in [-0.2, -0.15) is 0 Å². The van der Waals surface area contributed by atoms with Gasteiger partial charge in [-0.25, -0.2) is 0 Å². The van der Waals surface area contributed by atoms with Crippen LogP contribution in [0.5, 0.6) is 5.75 Å². The van der Waals surface area contributed by atoms with Gasteiger partial charge in [-0.1, -0.05) is 42.5 Å². The maximum atomic E-state index is 10.2. The molecular weight excluding hydrogens is 350 g/mol. The summed E-state index contributed by atoms with van der Waals surface area (Å²) < 4.78 is 0. The van der Waals surface area contributed by atoms with Crippen LogP contribution in [0.15, 0.2) is 60.7 Å². The zero-order valence-electron chi connectivity index (χ0n) is 15.6. The molecule has 142 valence electrons. The molecule has 28 heavy (non-hydrogen) atoms. The van der Waals surface area contributed by atoms with Crippen molar-refractivity contribution in [1.82, 2.24) is 15.1 Å². The Morgan fingerprint density at radius 2 is 1.75 bits per heavy atom. The standard InChI is InChI=1S/C22H23N5O/c23-22-20(11-19(24-25-22)18-8-4-5-9-21(18)28)27-14-16-10-17(27)13-26(16)12-15-6-2-1-3-7-15/h1-9,11,16-17,28H,10,12-14H2,(H2,23,25)/t16?,17-/m0/s1. The average Bonchev–Trinajstić information content (AvgIpc) is 3.30. The van der Waals surface area contributed by atoms with Crippen LogP contribution < -0.4 is 10.6 Å². The number of hydrogen-bond acceptors (Lipinski definition) is 6. The van der Waals surface area contributed by atoms with Crippen molar-refractivity contribution >= 4 is 11.5 Å². The molecule has 2 aliphatic rings. The summed E-state index contributed by atoms with van der Waals surface area (Å²) in [5, 5.41) is 18.5. The second kappa shape index (κ2) is 6.80. The lowest BCUT2D eigenvalue weighted by molar-refractivity contribution is 0.230. The van der Waals surface area contributed by atoms with Crippen LogP contribution in [-0.2, 0) is 6.54 Å². The highest BCUT2D eigenvalue weighted by atomic mass is 16.3. The average molecular weight is 373 g/mol. The minimum Gasteiger partial charge on any atom is -0.507 e. The first kappa shape index (κ1) is 17.0. The molecule has 2 bridgehead atoms. The van der Waals surface area contributed by atoms with E-state index in [0.717, 1.165) is 31.7 Å². The summed E-state index contributed by atoms with van der Waals surface area (Å²) in [5.41, 5.74) is 9.77. The van der Waals surface area contributed by atoms with Crippen molar-refractivity contribution in [1.29, 1.82) is 0 Å². The second-order valence-electron chi connectivity index (χ2n) is 7.63. The van der Waals surface area contributed by atoms with E-state index in [2.05, 4.69) is 50.3 Å². The van der Waals surface area contributed by atoms with E-state index in [1.165, 1.54) is 5.56 Å². The lowest BCUT2D eigenvalue weighted by Gasteiger charge is -2.36. The molecular formula is C22H23N5O. The van der Waals surface area contributed by atoms with E-state index >= 15 is 0 Å². The van der Waals surface area contributed by atoms with E-state index in [9.17, 15) is 5.11 Å². The molecule has 0 saturated carbocycles. The number of benzene rings is 2. The van der Waals surface area contributed by atoms with Gasteiger partial charge in [-0.05, 0) is 30.2 Å². The number of likely N-dealkylation sites (tertiary alicyclic amines) is 1. The highest BCUT2D eigenvalue weighted by Crippen LogP contribution is 2.39. The Bertz CT molecular complexity index is 993. The molecule has 0 aliphatic carbocycles. The summed E-state index contributed by atoms with van der Waals surface area (Å²) in [4.78, 5) is 4.92. The lowest BCUT2D eigenvalue weighted by atomic mass is 10.1. The third kappa shape index (κ3) is 2.96. The Balaban J connectivity index is 1.37. The SMILES string of the molecule is Nc1nnc(-c2ccccc2O)cc1N1CC2C[C@H]1CN2Cc1ccccc1. The van der Waals surface area contributed by atoms with Crippen molar-refractivity contribution in [2.75, 3.05) is 23.7 Å². The third-order valence-electron chi connectivity index (χ3n) is 5.87. The van der Waals surface area contributed by atoms with E-state index in [4.69, 9.17) is 5.73 Å². The van der Waals surface area contributed by atoms with Crippen molar-refractivity contribution in [3.63, 3.8) is 0 Å². The number of aromatic nitrogens is 2. The maximum Gasteiger partial charge on any atom is 0.169 e. The van der Waals surface area contributed by atoms with Gasteiger partial charge in [-0.15, -0.1) is 10.2 Å². The quantitative estimate of drug-likeness (QED) is 0.732. The summed E-state index contributed by atoms with van der Waals surface area (Å²) in [6.07, 6.45) is 1.14. The van der Waals surface area contributed by atoms with Crippen LogP contribution >= 0.6 is 0 Å². The van der Waals surface area contributed by atoms with E-state index in [1.807, 2.05) is 18.2 Å². The molecule has 2 saturated heterocycles. The topological polar surface area (TPSA) is 78.5 Å². The first-order chi connectivity index (χ1) is 13.7. The van der Waals surface area contributed by atoms with Crippen LogP contribution in [-0.4, -0.2) is 45.4 Å². The van der Waals surface area contributed by atoms with Gasteiger partial charge < -0.3 is 15.7 Å². The third-order valence-corrected chi connectivity index (χ3v) is 5.87. The minimum atomic E-state index is 0.199. The molecule has 3 aromatic rings. The largest absolute Gasteiger partial charge is 0.507 e. The molecule has 2 aromatic carbocycles. The van der Waals surface area contributed by atoms with Gasteiger partial charge in [-0.3, -0.25) is 4.90 Å². The Hall–Kier alpha value is -3.12. The van der Waals surface area contributed by atoms with E-state index in [1.54, 1.807) is 12.1 Å². The fourth-order valence-electron chi connectivity index (χ4n) is 4.50. The van der Waals surface area contributed by atoms with E-state index in [-0.39, 0.29) is 5.75 Å². The zero-order valence-corrected chi connectivity index (χ0v) is 15.6. The number of phenolic OH excluding ortho intramolecular Hbond substituents is 1. The minimum absolute atomic E-state index is 0.199. The summed E-state index contributed by atoms with van der Waals surface area (Å²) in [6.45, 7) is 2.95. The van der Waals surface area contributed by atoms with Gasteiger partial charge in [0.05, 0.1) is 11.4 Å². The van der Waals surface area contributed by atoms with Crippen LogP contribution in [0.3, 0.4) is 0 Å². The number of aromatic hydroxyl groups is 1. The van der Waals surface area contributed by atoms with E-state index < -0.39 is 0 Å². The highest BCUT2D eigenvalue weighted by molar-refractivity contribution is 5.74. The molecule has 6 heteroatoms. The molecule has 2 aliphatic heterocycles. The zero-order chi connectivity index (χ0) is 19.1. The molecule has 0 spiro atoms. The number of para-hydroxylation sites is 1. The van der Waals surface area contributed by atoms with Crippen LogP contribution in [0.2, 0.25) is 0 Å². The Kier molecular flexibility index (Phi) is 4.13. The number of nitrogens with two attached hydrogens (primary N) is 1. The maximum absolute atomic E-state index is 10.2. The Morgan fingerprint density at radius 1 is 0.964 bits per heavy atom. The first-order valence-electron chi connectivity index (χ1n) is 9.65. The summed E-state index contributed by atoms with van der Waals surface area (Å²) in [7, 11) is 0. The fraction of sp³-hybridized carbons (Fsp3) is 0.273. The number of piperazine rings is 1. The molecule has 3 N–H and O–H groups in total. The predicted octanol–water partition coefficient (Wildman–Crippen LogP) is 2.89. The number of anilines is 2. The van der Waals surface area contributed by atoms with Gasteiger partial charge in [0.15, 0.2) is 5.82 Å². The normalized spacial score (nSPS) is 21.4. The molecule has 0 radical (unpaired) electrons. The predicted molar refractivity (Wildman–Crippen MR) is 110 cm³/mol. The number of hydrogen-bond donors (Lipinski definition) is 2. The Morgan fingerprint density at radius 3 is 2.50 bits per heavy atom. The summed E-state index contributed by atoms with van der Waals surface area (Å²) in [6, 6.07) is 20.7. The van der Waals surface area contributed by atoms with Gasteiger partial charge in [0.1, 0.15) is 5.75 Å². The second-order valence-corrected chi connectivity index (χ2v) is 7.63. The number of phenols is 1. The molecule has 5 rings (SSSR count). The summed E-state index contributed by atoms with van der Waals surface area (Å²) in [5.74, 6) is 0.644. The van der Waals surface area contributed by atoms with Gasteiger partial charge >= 0.3 is 0 Å². The number of rotatable bonds is 4. The Labute approximate surface area is 164 Å². The van der Waals surface area contributed by atoms with Crippen LogP contribution in [0.25, 0.3) is 11.3 Å². The highest BCUT2D eigenvalue weighted by Gasteiger charge is 2.43. The lowest BCUT2D eigenvalue weighted by Crippen LogP contribution is -2.46. The molecule has 0 amide bonds. The number of nitrogens with zero attached hydrogens (tertiary/aromatic N) is 4. The van der Waals surface area contributed by atoms with E-state index in [0.29, 0.717) is 29.2 Å². The molecule has 3 heterocycles. The van der Waals surface area contributed by atoms with Crippen LogP contribution in [0, 0.1) is 0 Å². The molecule has 2 atom stereocenters. The van der Waals surface area contributed by atoms with Crippen molar-refractivity contribution in [2.24, 2.45) is 0 Å².